The molecule has 1 heterocycles. The second-order valence-corrected chi connectivity index (χ2v) is 6.50. The van der Waals surface area contributed by atoms with Gasteiger partial charge in [0.1, 0.15) is 0 Å². The average Bonchev–Trinajstić information content (AvgIpc) is 3.07. The van der Waals surface area contributed by atoms with Gasteiger partial charge in [-0.1, -0.05) is 30.3 Å². The molecule has 2 aromatic carbocycles. The van der Waals surface area contributed by atoms with E-state index in [9.17, 15) is 9.59 Å². The van der Waals surface area contributed by atoms with Gasteiger partial charge in [0.2, 0.25) is 12.3 Å². The molecule has 3 rings (SSSR count). The van der Waals surface area contributed by atoms with Crippen LogP contribution in [0.25, 0.3) is 10.8 Å². The number of anilines is 1. The number of nitrogens with one attached hydrogen (secondary N) is 1. The van der Waals surface area contributed by atoms with Crippen LogP contribution in [0.2, 0.25) is 0 Å². The van der Waals surface area contributed by atoms with Crippen LogP contribution in [0, 0.1) is 0 Å². The van der Waals surface area contributed by atoms with Crippen LogP contribution in [-0.2, 0) is 9.59 Å². The topological polar surface area (TPSA) is 75.4 Å². The van der Waals surface area contributed by atoms with Crippen molar-refractivity contribution in [1.82, 2.24) is 4.90 Å². The van der Waals surface area contributed by atoms with Crippen molar-refractivity contribution in [1.29, 1.82) is 0 Å². The monoisotopic (exact) mass is 359 g/mol. The number of carbonyl (C=O) groups excluding carboxylic acids is 2. The Labute approximate surface area is 154 Å². The molecule has 0 bridgehead atoms. The number of likely N-dealkylation sites (tertiary alicyclic amines) is 1. The fourth-order valence-electron chi connectivity index (χ4n) is 2.90. The van der Waals surface area contributed by atoms with Gasteiger partial charge in [-0.05, 0) is 42.7 Å². The second-order valence-electron chi connectivity index (χ2n) is 6.14. The third-order valence-electron chi connectivity index (χ3n) is 4.33. The molecule has 2 amide bonds. The number of hydrogen-bond donors (Lipinski definition) is 3. The highest BCUT2D eigenvalue weighted by Crippen LogP contribution is 2.18. The van der Waals surface area contributed by atoms with E-state index < -0.39 is 6.04 Å². The van der Waals surface area contributed by atoms with Gasteiger partial charge in [0, 0.05) is 24.0 Å². The Morgan fingerprint density at radius 3 is 2.68 bits per heavy atom. The van der Waals surface area contributed by atoms with Crippen LogP contribution in [0.15, 0.2) is 42.5 Å². The summed E-state index contributed by atoms with van der Waals surface area (Å²) in [7, 11) is 0. The SMILES string of the molecule is CC1CCCN1C(=O)C(N)CS.O=CNc1ccc2ccccc2c1. The number of benzene rings is 2. The summed E-state index contributed by atoms with van der Waals surface area (Å²) in [6.45, 7) is 2.93. The highest BCUT2D eigenvalue weighted by Gasteiger charge is 2.27. The van der Waals surface area contributed by atoms with Crippen molar-refractivity contribution in [2.24, 2.45) is 5.73 Å². The van der Waals surface area contributed by atoms with Gasteiger partial charge >= 0.3 is 0 Å². The lowest BCUT2D eigenvalue weighted by Crippen LogP contribution is -2.46. The van der Waals surface area contributed by atoms with Crippen LogP contribution in [0.1, 0.15) is 19.8 Å². The van der Waals surface area contributed by atoms with Gasteiger partial charge < -0.3 is 16.0 Å². The lowest BCUT2D eigenvalue weighted by atomic mass is 10.1. The molecular formula is C19H25N3O2S. The number of amides is 2. The first kappa shape index (κ1) is 19.3. The molecule has 3 N–H and O–H groups in total. The van der Waals surface area contributed by atoms with Crippen molar-refractivity contribution in [3.8, 4) is 0 Å². The summed E-state index contributed by atoms with van der Waals surface area (Å²) in [6, 6.07) is 13.8. The maximum atomic E-state index is 11.5. The predicted octanol–water partition coefficient (Wildman–Crippen LogP) is 2.66. The largest absolute Gasteiger partial charge is 0.339 e. The van der Waals surface area contributed by atoms with E-state index in [0.717, 1.165) is 30.5 Å². The van der Waals surface area contributed by atoms with Gasteiger partial charge in [-0.25, -0.2) is 0 Å². The molecule has 25 heavy (non-hydrogen) atoms. The van der Waals surface area contributed by atoms with E-state index >= 15 is 0 Å². The highest BCUT2D eigenvalue weighted by atomic mass is 32.1. The molecule has 0 radical (unpaired) electrons. The standard InChI is InChI=1S/C11H9NO.C8H16N2OS/c13-8-12-11-6-5-9-3-1-2-4-10(9)7-11;1-6-3-2-4-10(6)8(11)7(9)5-12/h1-8H,(H,12,13);6-7,12H,2-5,9H2,1H3. The molecule has 0 aromatic heterocycles. The number of nitrogens with zero attached hydrogens (tertiary/aromatic N) is 1. The zero-order chi connectivity index (χ0) is 18.2. The fraction of sp³-hybridized carbons (Fsp3) is 0.368. The molecule has 2 atom stereocenters. The molecule has 1 fully saturated rings. The Hall–Kier alpha value is -2.05. The third kappa shape index (κ3) is 5.21. The van der Waals surface area contributed by atoms with E-state index in [1.807, 2.05) is 47.4 Å². The highest BCUT2D eigenvalue weighted by molar-refractivity contribution is 7.80. The van der Waals surface area contributed by atoms with E-state index in [1.54, 1.807) is 0 Å². The minimum atomic E-state index is -0.422. The minimum absolute atomic E-state index is 0.0509. The molecule has 0 aliphatic carbocycles. The molecule has 0 saturated carbocycles. The summed E-state index contributed by atoms with van der Waals surface area (Å²) in [5.41, 5.74) is 6.42. The van der Waals surface area contributed by atoms with E-state index in [2.05, 4.69) is 24.9 Å². The zero-order valence-electron chi connectivity index (χ0n) is 14.4. The Morgan fingerprint density at radius 2 is 2.08 bits per heavy atom. The number of thiol groups is 1. The molecule has 5 nitrogen and oxygen atoms in total. The van der Waals surface area contributed by atoms with Crippen molar-refractivity contribution < 1.29 is 9.59 Å². The van der Waals surface area contributed by atoms with Crippen LogP contribution >= 0.6 is 12.6 Å². The summed E-state index contributed by atoms with van der Waals surface area (Å²) < 4.78 is 0. The van der Waals surface area contributed by atoms with Crippen LogP contribution in [0.5, 0.6) is 0 Å². The minimum Gasteiger partial charge on any atom is -0.339 e. The molecular weight excluding hydrogens is 334 g/mol. The first-order valence-corrected chi connectivity index (χ1v) is 9.06. The maximum absolute atomic E-state index is 11.5. The van der Waals surface area contributed by atoms with Crippen molar-refractivity contribution >= 4 is 41.4 Å². The summed E-state index contributed by atoms with van der Waals surface area (Å²) in [5.74, 6) is 0.484. The van der Waals surface area contributed by atoms with Crippen molar-refractivity contribution in [2.75, 3.05) is 17.6 Å². The van der Waals surface area contributed by atoms with Crippen molar-refractivity contribution in [3.05, 3.63) is 42.5 Å². The molecule has 2 unspecified atom stereocenters. The molecule has 1 aliphatic heterocycles. The first-order chi connectivity index (χ1) is 12.1. The number of rotatable bonds is 4. The average molecular weight is 359 g/mol. The summed E-state index contributed by atoms with van der Waals surface area (Å²) in [4.78, 5) is 23.6. The number of nitrogens with two attached hydrogens (primary N) is 1. The third-order valence-corrected chi connectivity index (χ3v) is 4.72. The Bertz CT molecular complexity index is 723. The lowest BCUT2D eigenvalue weighted by Gasteiger charge is -2.23. The zero-order valence-corrected chi connectivity index (χ0v) is 15.3. The lowest BCUT2D eigenvalue weighted by molar-refractivity contribution is -0.132. The smallest absolute Gasteiger partial charge is 0.240 e. The first-order valence-electron chi connectivity index (χ1n) is 8.42. The second kappa shape index (κ2) is 9.44. The van der Waals surface area contributed by atoms with Gasteiger partial charge in [-0.2, -0.15) is 12.6 Å². The Morgan fingerprint density at radius 1 is 1.36 bits per heavy atom. The van der Waals surface area contributed by atoms with Gasteiger partial charge in [0.05, 0.1) is 6.04 Å². The number of fused-ring (bicyclic) bond motifs is 1. The molecule has 2 aromatic rings. The van der Waals surface area contributed by atoms with E-state index in [0.29, 0.717) is 18.2 Å². The van der Waals surface area contributed by atoms with Crippen LogP contribution in [-0.4, -0.2) is 41.6 Å². The van der Waals surface area contributed by atoms with E-state index in [4.69, 9.17) is 5.73 Å². The van der Waals surface area contributed by atoms with Gasteiger partial charge in [0.25, 0.3) is 0 Å². The van der Waals surface area contributed by atoms with Crippen LogP contribution in [0.3, 0.4) is 0 Å². The molecule has 6 heteroatoms. The van der Waals surface area contributed by atoms with Crippen molar-refractivity contribution in [2.45, 2.75) is 31.8 Å². The molecule has 0 spiro atoms. The van der Waals surface area contributed by atoms with Gasteiger partial charge in [0.15, 0.2) is 0 Å². The predicted molar refractivity (Wildman–Crippen MR) is 106 cm³/mol. The van der Waals surface area contributed by atoms with Crippen molar-refractivity contribution in [3.63, 3.8) is 0 Å². The van der Waals surface area contributed by atoms with Crippen LogP contribution < -0.4 is 11.1 Å². The van der Waals surface area contributed by atoms with Gasteiger partial charge in [-0.3, -0.25) is 9.59 Å². The summed E-state index contributed by atoms with van der Waals surface area (Å²) in [5, 5.41) is 4.93. The Kier molecular flexibility index (Phi) is 7.28. The van der Waals surface area contributed by atoms with Crippen LogP contribution in [0.4, 0.5) is 5.69 Å². The fourth-order valence-corrected chi connectivity index (χ4v) is 3.06. The molecule has 134 valence electrons. The summed E-state index contributed by atoms with van der Waals surface area (Å²) in [6.07, 6.45) is 2.89. The number of hydrogen-bond acceptors (Lipinski definition) is 4. The van der Waals surface area contributed by atoms with Gasteiger partial charge in [-0.15, -0.1) is 0 Å². The molecule has 1 aliphatic rings. The quantitative estimate of drug-likeness (QED) is 0.580. The molecule has 1 saturated heterocycles. The normalized spacial score (nSPS) is 17.6. The Balaban J connectivity index is 0.000000181. The summed E-state index contributed by atoms with van der Waals surface area (Å²) >= 11 is 4.00. The maximum Gasteiger partial charge on any atom is 0.240 e. The van der Waals surface area contributed by atoms with E-state index in [-0.39, 0.29) is 5.91 Å². The van der Waals surface area contributed by atoms with E-state index in [1.165, 1.54) is 5.39 Å². The number of carbonyl (C=O) groups is 2.